The summed E-state index contributed by atoms with van der Waals surface area (Å²) in [7, 11) is 0. The smallest absolute Gasteiger partial charge is 0.306 e. The van der Waals surface area contributed by atoms with Gasteiger partial charge in [0, 0.05) is 19.3 Å². The van der Waals surface area contributed by atoms with Crippen molar-refractivity contribution in [1.29, 1.82) is 0 Å². The Balaban J connectivity index is 4.35. The van der Waals surface area contributed by atoms with Crippen molar-refractivity contribution >= 4 is 17.9 Å². The van der Waals surface area contributed by atoms with Crippen LogP contribution < -0.4 is 0 Å². The zero-order valence-electron chi connectivity index (χ0n) is 43.5. The van der Waals surface area contributed by atoms with Crippen LogP contribution in [0.4, 0.5) is 0 Å². The highest BCUT2D eigenvalue weighted by atomic mass is 16.6. The highest BCUT2D eigenvalue weighted by Crippen LogP contribution is 2.17. The van der Waals surface area contributed by atoms with Gasteiger partial charge in [0.15, 0.2) is 6.10 Å². The van der Waals surface area contributed by atoms with Gasteiger partial charge in [0.05, 0.1) is 0 Å². The van der Waals surface area contributed by atoms with Crippen molar-refractivity contribution in [3.63, 3.8) is 0 Å². The molecule has 0 radical (unpaired) electrons. The second kappa shape index (κ2) is 54.2. The second-order valence-corrected chi connectivity index (χ2v) is 19.2. The molecule has 0 amide bonds. The lowest BCUT2D eigenvalue weighted by Crippen LogP contribution is -2.30. The summed E-state index contributed by atoms with van der Waals surface area (Å²) < 4.78 is 16.9. The fraction of sp³-hybridized carbons (Fsp3) is 0.847. The van der Waals surface area contributed by atoms with Crippen molar-refractivity contribution in [3.8, 4) is 0 Å². The maximum atomic E-state index is 12.8. The lowest BCUT2D eigenvalue weighted by atomic mass is 10.0. The first-order chi connectivity index (χ1) is 32.0. The van der Waals surface area contributed by atoms with E-state index < -0.39 is 6.10 Å². The lowest BCUT2D eigenvalue weighted by molar-refractivity contribution is -0.167. The highest BCUT2D eigenvalue weighted by molar-refractivity contribution is 5.71. The van der Waals surface area contributed by atoms with E-state index in [1.54, 1.807) is 0 Å². The van der Waals surface area contributed by atoms with E-state index in [9.17, 15) is 14.4 Å². The van der Waals surface area contributed by atoms with Crippen LogP contribution in [0.5, 0.6) is 0 Å². The summed E-state index contributed by atoms with van der Waals surface area (Å²) >= 11 is 0. The van der Waals surface area contributed by atoms with Gasteiger partial charge in [-0.15, -0.1) is 0 Å². The van der Waals surface area contributed by atoms with Gasteiger partial charge < -0.3 is 14.2 Å². The minimum absolute atomic E-state index is 0.0713. The topological polar surface area (TPSA) is 78.9 Å². The van der Waals surface area contributed by atoms with Gasteiger partial charge in [-0.2, -0.15) is 0 Å². The van der Waals surface area contributed by atoms with Crippen molar-refractivity contribution in [1.82, 2.24) is 0 Å². The molecule has 0 spiro atoms. The van der Waals surface area contributed by atoms with Crippen LogP contribution >= 0.6 is 0 Å². The van der Waals surface area contributed by atoms with Gasteiger partial charge >= 0.3 is 17.9 Å². The first kappa shape index (κ1) is 62.6. The predicted molar refractivity (Wildman–Crippen MR) is 279 cm³/mol. The average Bonchev–Trinajstić information content (AvgIpc) is 3.30. The first-order valence-corrected chi connectivity index (χ1v) is 28.5. The number of unbranched alkanes of at least 4 members (excludes halogenated alkanes) is 35. The van der Waals surface area contributed by atoms with Gasteiger partial charge in [-0.1, -0.05) is 269 Å². The standard InChI is InChI=1S/C59H108O6/c1-4-7-10-13-16-19-22-25-28-31-34-37-40-43-46-49-52-58(61)64-55-56(54-63-57(60)51-48-45-42-39-36-33-30-27-24-21-18-15-12-9-6-3)65-59(62)53-50-47-44-41-38-35-32-29-26-23-20-17-14-11-8-5-2/h7,10,16,19,25,28,56H,4-6,8-9,11-15,17-18,20-24,26-27,29-55H2,1-3H3/b10-7-,19-16-,28-25-. The molecule has 0 aromatic carbocycles. The Hall–Kier alpha value is -2.37. The number of esters is 3. The molecule has 1 unspecified atom stereocenters. The summed E-state index contributed by atoms with van der Waals surface area (Å²) in [5, 5.41) is 0. The molecule has 0 N–H and O–H groups in total. The normalized spacial score (nSPS) is 12.2. The van der Waals surface area contributed by atoms with Crippen LogP contribution in [-0.2, 0) is 28.6 Å². The maximum absolute atomic E-state index is 12.8. The molecule has 380 valence electrons. The Morgan fingerprint density at radius 2 is 0.600 bits per heavy atom. The van der Waals surface area contributed by atoms with E-state index in [2.05, 4.69) is 57.2 Å². The number of ether oxygens (including phenoxy) is 3. The molecule has 0 heterocycles. The minimum atomic E-state index is -0.773. The monoisotopic (exact) mass is 913 g/mol. The molecule has 0 fully saturated rings. The summed E-state index contributed by atoms with van der Waals surface area (Å²) in [5.74, 6) is -0.865. The number of carbonyl (C=O) groups excluding carboxylic acids is 3. The third kappa shape index (κ3) is 52.5. The summed E-state index contributed by atoms with van der Waals surface area (Å²) in [4.78, 5) is 38.1. The lowest BCUT2D eigenvalue weighted by Gasteiger charge is -2.18. The third-order valence-corrected chi connectivity index (χ3v) is 12.7. The number of hydrogen-bond acceptors (Lipinski definition) is 6. The van der Waals surface area contributed by atoms with Crippen LogP contribution in [-0.4, -0.2) is 37.2 Å². The molecule has 0 saturated carbocycles. The average molecular weight is 914 g/mol. The fourth-order valence-corrected chi connectivity index (χ4v) is 8.40. The zero-order valence-corrected chi connectivity index (χ0v) is 43.5. The van der Waals surface area contributed by atoms with Gasteiger partial charge in [-0.05, 0) is 51.4 Å². The Bertz CT molecular complexity index is 1090. The van der Waals surface area contributed by atoms with Crippen LogP contribution in [0.15, 0.2) is 36.5 Å². The van der Waals surface area contributed by atoms with Crippen LogP contribution in [0, 0.1) is 0 Å². The van der Waals surface area contributed by atoms with Crippen molar-refractivity contribution < 1.29 is 28.6 Å². The molecule has 0 rings (SSSR count). The Labute approximate surface area is 404 Å². The molecule has 0 saturated heterocycles. The van der Waals surface area contributed by atoms with E-state index in [1.165, 1.54) is 180 Å². The molecule has 0 aliphatic rings. The Kier molecular flexibility index (Phi) is 52.3. The van der Waals surface area contributed by atoms with Crippen molar-refractivity contribution in [3.05, 3.63) is 36.5 Å². The predicted octanol–water partition coefficient (Wildman–Crippen LogP) is 18.9. The molecule has 65 heavy (non-hydrogen) atoms. The van der Waals surface area contributed by atoms with Crippen molar-refractivity contribution in [2.24, 2.45) is 0 Å². The van der Waals surface area contributed by atoms with Gasteiger partial charge in [0.25, 0.3) is 0 Å². The Morgan fingerprint density at radius 3 is 0.938 bits per heavy atom. The molecular weight excluding hydrogens is 805 g/mol. The highest BCUT2D eigenvalue weighted by Gasteiger charge is 2.19. The van der Waals surface area contributed by atoms with Gasteiger partial charge in [0.2, 0.25) is 0 Å². The summed E-state index contributed by atoms with van der Waals surface area (Å²) in [6, 6.07) is 0. The van der Waals surface area contributed by atoms with Crippen LogP contribution in [0.25, 0.3) is 0 Å². The van der Waals surface area contributed by atoms with Crippen LogP contribution in [0.2, 0.25) is 0 Å². The van der Waals surface area contributed by atoms with Gasteiger partial charge in [0.1, 0.15) is 13.2 Å². The number of carbonyl (C=O) groups is 3. The molecule has 0 aromatic heterocycles. The summed E-state index contributed by atoms with van der Waals surface area (Å²) in [6.07, 6.45) is 64.1. The molecule has 0 bridgehead atoms. The van der Waals surface area contributed by atoms with Gasteiger partial charge in [-0.25, -0.2) is 0 Å². The summed E-state index contributed by atoms with van der Waals surface area (Å²) in [5.41, 5.74) is 0. The second-order valence-electron chi connectivity index (χ2n) is 19.2. The quantitative estimate of drug-likeness (QED) is 0.0262. The van der Waals surface area contributed by atoms with Crippen molar-refractivity contribution in [2.75, 3.05) is 13.2 Å². The van der Waals surface area contributed by atoms with E-state index in [0.29, 0.717) is 19.3 Å². The van der Waals surface area contributed by atoms with Crippen molar-refractivity contribution in [2.45, 2.75) is 309 Å². The SMILES string of the molecule is CC/C=C\C/C=C\C/C=C\CCCCCCCCC(=O)OCC(COC(=O)CCCCCCCCCCCCCCCCC)OC(=O)CCCCCCCCCCCCCCCCCC. The van der Waals surface area contributed by atoms with E-state index in [4.69, 9.17) is 14.2 Å². The number of hydrogen-bond donors (Lipinski definition) is 0. The maximum Gasteiger partial charge on any atom is 0.306 e. The molecule has 0 aliphatic carbocycles. The number of allylic oxidation sites excluding steroid dienone is 6. The fourth-order valence-electron chi connectivity index (χ4n) is 8.40. The molecule has 0 aliphatic heterocycles. The number of rotatable bonds is 52. The molecule has 0 aromatic rings. The van der Waals surface area contributed by atoms with E-state index in [1.807, 2.05) is 0 Å². The molecule has 6 heteroatoms. The summed E-state index contributed by atoms with van der Waals surface area (Å²) in [6.45, 7) is 6.56. The van der Waals surface area contributed by atoms with E-state index in [-0.39, 0.29) is 31.1 Å². The van der Waals surface area contributed by atoms with Crippen LogP contribution in [0.1, 0.15) is 303 Å². The molecule has 1 atom stereocenters. The van der Waals surface area contributed by atoms with E-state index in [0.717, 1.165) is 83.5 Å². The first-order valence-electron chi connectivity index (χ1n) is 28.5. The largest absolute Gasteiger partial charge is 0.462 e. The molecular formula is C59H108O6. The third-order valence-electron chi connectivity index (χ3n) is 12.7. The molecule has 6 nitrogen and oxygen atoms in total. The van der Waals surface area contributed by atoms with E-state index >= 15 is 0 Å². The Morgan fingerprint density at radius 1 is 0.323 bits per heavy atom. The zero-order chi connectivity index (χ0) is 47.2. The van der Waals surface area contributed by atoms with Crippen LogP contribution in [0.3, 0.4) is 0 Å². The van der Waals surface area contributed by atoms with Gasteiger partial charge in [-0.3, -0.25) is 14.4 Å². The minimum Gasteiger partial charge on any atom is -0.462 e.